The van der Waals surface area contributed by atoms with Crippen LogP contribution in [0, 0.1) is 0 Å². The minimum absolute atomic E-state index is 0.214. The fourth-order valence-electron chi connectivity index (χ4n) is 0.774. The van der Waals surface area contributed by atoms with E-state index in [4.69, 9.17) is 0 Å². The summed E-state index contributed by atoms with van der Waals surface area (Å²) in [6, 6.07) is 0. The van der Waals surface area contributed by atoms with Crippen LogP contribution in [0.25, 0.3) is 0 Å². The molecule has 0 saturated carbocycles. The fraction of sp³-hybridized carbons (Fsp3) is 0.600. The van der Waals surface area contributed by atoms with Crippen molar-refractivity contribution in [2.45, 2.75) is 38.8 Å². The van der Waals surface area contributed by atoms with Gasteiger partial charge in [0.25, 0.3) is 0 Å². The van der Waals surface area contributed by atoms with Crippen molar-refractivity contribution in [1.82, 2.24) is 0 Å². The molecule has 2 atom stereocenters. The molecule has 2 unspecified atom stereocenters. The Morgan fingerprint density at radius 2 is 2.09 bits per heavy atom. The topological polar surface area (TPSA) is 0 Å². The van der Waals surface area contributed by atoms with Crippen LogP contribution in [0.5, 0.6) is 0 Å². The van der Waals surface area contributed by atoms with Gasteiger partial charge < -0.3 is 0 Å². The first kappa shape index (κ1) is 10.9. The zero-order valence-corrected chi connectivity index (χ0v) is 9.01. The lowest BCUT2D eigenvalue weighted by atomic mass is 10.0. The third-order valence-corrected chi connectivity index (χ3v) is 2.23. The highest BCUT2D eigenvalue weighted by Crippen LogP contribution is 2.25. The van der Waals surface area contributed by atoms with Crippen molar-refractivity contribution in [3.8, 4) is 0 Å². The molecule has 0 saturated heterocycles. The Morgan fingerprint density at radius 1 is 1.55 bits per heavy atom. The molecule has 0 aromatic heterocycles. The van der Waals surface area contributed by atoms with E-state index >= 15 is 0 Å². The summed E-state index contributed by atoms with van der Waals surface area (Å²) in [5.74, 6) is 0. The molecule has 64 valence electrons. The number of rotatable bonds is 4. The molecule has 0 radical (unpaired) electrons. The summed E-state index contributed by atoms with van der Waals surface area (Å²) in [7, 11) is 2.83. The average Bonchev–Trinajstić information content (AvgIpc) is 1.87. The summed E-state index contributed by atoms with van der Waals surface area (Å²) in [6.45, 7) is 10.2. The molecule has 0 fully saturated rings. The number of allylic oxidation sites excluding steroid dienone is 3. The van der Waals surface area contributed by atoms with Gasteiger partial charge in [0.2, 0.25) is 0 Å². The monoisotopic (exact) mass is 170 g/mol. The van der Waals surface area contributed by atoms with Gasteiger partial charge in [-0.25, -0.2) is 0 Å². The van der Waals surface area contributed by atoms with Gasteiger partial charge in [-0.1, -0.05) is 24.6 Å². The minimum atomic E-state index is 0.214. The van der Waals surface area contributed by atoms with E-state index in [1.807, 2.05) is 6.08 Å². The third-order valence-electron chi connectivity index (χ3n) is 1.70. The molecule has 1 heteroatoms. The van der Waals surface area contributed by atoms with Gasteiger partial charge in [0.05, 0.1) is 0 Å². The van der Waals surface area contributed by atoms with Crippen molar-refractivity contribution in [2.24, 2.45) is 0 Å². The first-order chi connectivity index (χ1) is 4.98. The van der Waals surface area contributed by atoms with Gasteiger partial charge in [-0.3, -0.25) is 0 Å². The zero-order chi connectivity index (χ0) is 8.91. The molecule has 0 amide bonds. The molecule has 0 N–H and O–H groups in total. The Kier molecular flexibility index (Phi) is 4.68. The van der Waals surface area contributed by atoms with Crippen LogP contribution < -0.4 is 0 Å². The van der Waals surface area contributed by atoms with Crippen molar-refractivity contribution in [1.29, 1.82) is 0 Å². The predicted molar refractivity (Wildman–Crippen MR) is 57.0 cm³/mol. The fourth-order valence-corrected chi connectivity index (χ4v) is 0.941. The molecular weight excluding hydrogens is 151 g/mol. The van der Waals surface area contributed by atoms with Gasteiger partial charge >= 0.3 is 0 Å². The molecule has 11 heavy (non-hydrogen) atoms. The van der Waals surface area contributed by atoms with Gasteiger partial charge in [0.1, 0.15) is 0 Å². The maximum atomic E-state index is 3.79. The standard InChI is InChI=1S/C10H19P/c1-5-10(4,11)8-6-7-9(2)3/h5,7H,1,6,8,11H2,2-4H3. The van der Waals surface area contributed by atoms with Gasteiger partial charge in [-0.05, 0) is 31.8 Å². The van der Waals surface area contributed by atoms with E-state index in [-0.39, 0.29) is 5.16 Å². The molecule has 0 rings (SSSR count). The second-order valence-electron chi connectivity index (χ2n) is 3.53. The van der Waals surface area contributed by atoms with Crippen LogP contribution in [0.1, 0.15) is 33.6 Å². The Hall–Kier alpha value is -0.0900. The summed E-state index contributed by atoms with van der Waals surface area (Å²) in [6.07, 6.45) is 6.57. The molecule has 0 aliphatic carbocycles. The van der Waals surface area contributed by atoms with E-state index in [0.29, 0.717) is 0 Å². The predicted octanol–water partition coefficient (Wildman–Crippen LogP) is 3.55. The maximum absolute atomic E-state index is 3.79. The third kappa shape index (κ3) is 6.31. The van der Waals surface area contributed by atoms with Crippen molar-refractivity contribution in [3.05, 3.63) is 24.3 Å². The first-order valence-corrected chi connectivity index (χ1v) is 4.61. The Morgan fingerprint density at radius 3 is 2.45 bits per heavy atom. The van der Waals surface area contributed by atoms with Crippen LogP contribution in [0.2, 0.25) is 0 Å². The summed E-state index contributed by atoms with van der Waals surface area (Å²) < 4.78 is 0. The SMILES string of the molecule is C=CC(C)(P)CCC=C(C)C. The Bertz CT molecular complexity index is 150. The van der Waals surface area contributed by atoms with Crippen LogP contribution in [-0.2, 0) is 0 Å². The van der Waals surface area contributed by atoms with Gasteiger partial charge in [-0.15, -0.1) is 15.8 Å². The average molecular weight is 170 g/mol. The highest BCUT2D eigenvalue weighted by Gasteiger charge is 2.10. The molecule has 0 nitrogen and oxygen atoms in total. The maximum Gasteiger partial charge on any atom is -0.0000855 e. The molecular formula is C10H19P. The van der Waals surface area contributed by atoms with E-state index in [0.717, 1.165) is 12.8 Å². The Balaban J connectivity index is 3.71. The minimum Gasteiger partial charge on any atom is -0.127 e. The second kappa shape index (κ2) is 4.72. The molecule has 0 heterocycles. The Labute approximate surface area is 73.0 Å². The van der Waals surface area contributed by atoms with E-state index in [1.54, 1.807) is 0 Å². The lowest BCUT2D eigenvalue weighted by Crippen LogP contribution is -2.09. The van der Waals surface area contributed by atoms with E-state index in [9.17, 15) is 0 Å². The largest absolute Gasteiger partial charge is 0.127 e. The smallest absolute Gasteiger partial charge is 0.0000855 e. The molecule has 0 bridgehead atoms. The van der Waals surface area contributed by atoms with E-state index in [1.165, 1.54) is 5.57 Å². The van der Waals surface area contributed by atoms with Crippen molar-refractivity contribution in [3.63, 3.8) is 0 Å². The lowest BCUT2D eigenvalue weighted by Gasteiger charge is -2.17. The molecule has 0 spiro atoms. The normalized spacial score (nSPS) is 15.3. The van der Waals surface area contributed by atoms with Crippen molar-refractivity contribution < 1.29 is 0 Å². The van der Waals surface area contributed by atoms with Crippen LogP contribution in [0.4, 0.5) is 0 Å². The lowest BCUT2D eigenvalue weighted by molar-refractivity contribution is 0.708. The highest BCUT2D eigenvalue weighted by molar-refractivity contribution is 7.19. The van der Waals surface area contributed by atoms with Gasteiger partial charge in [0.15, 0.2) is 0 Å². The second-order valence-corrected chi connectivity index (χ2v) is 4.85. The first-order valence-electron chi connectivity index (χ1n) is 4.04. The molecule has 0 aliphatic rings. The number of hydrogen-bond acceptors (Lipinski definition) is 0. The van der Waals surface area contributed by atoms with Gasteiger partial charge in [0, 0.05) is 0 Å². The van der Waals surface area contributed by atoms with Crippen LogP contribution in [0.3, 0.4) is 0 Å². The van der Waals surface area contributed by atoms with Crippen molar-refractivity contribution in [2.75, 3.05) is 0 Å². The number of hydrogen-bond donors (Lipinski definition) is 0. The molecule has 0 aromatic carbocycles. The van der Waals surface area contributed by atoms with Crippen LogP contribution >= 0.6 is 9.24 Å². The van der Waals surface area contributed by atoms with Crippen LogP contribution in [0.15, 0.2) is 24.3 Å². The molecule has 0 aliphatic heterocycles. The highest BCUT2D eigenvalue weighted by atomic mass is 31.0. The van der Waals surface area contributed by atoms with Crippen molar-refractivity contribution >= 4 is 9.24 Å². The zero-order valence-electron chi connectivity index (χ0n) is 7.85. The van der Waals surface area contributed by atoms with E-state index in [2.05, 4.69) is 42.7 Å². The van der Waals surface area contributed by atoms with Gasteiger partial charge in [-0.2, -0.15) is 0 Å². The molecule has 0 aromatic rings. The summed E-state index contributed by atoms with van der Waals surface area (Å²) in [5, 5.41) is 0.214. The van der Waals surface area contributed by atoms with E-state index < -0.39 is 0 Å². The summed E-state index contributed by atoms with van der Waals surface area (Å²) in [4.78, 5) is 0. The van der Waals surface area contributed by atoms with Crippen LogP contribution in [-0.4, -0.2) is 5.16 Å². The quantitative estimate of drug-likeness (QED) is 0.447. The summed E-state index contributed by atoms with van der Waals surface area (Å²) >= 11 is 0. The summed E-state index contributed by atoms with van der Waals surface area (Å²) in [5.41, 5.74) is 1.40.